The minimum absolute atomic E-state index is 0.0502. The predicted molar refractivity (Wildman–Crippen MR) is 87.5 cm³/mol. The van der Waals surface area contributed by atoms with E-state index >= 15 is 0 Å². The topological polar surface area (TPSA) is 119 Å². The highest BCUT2D eigenvalue weighted by molar-refractivity contribution is 7.90. The smallest absolute Gasteiger partial charge is 0.335 e. The third-order valence-corrected chi connectivity index (χ3v) is 5.50. The molecule has 8 nitrogen and oxygen atoms in total. The molecule has 1 N–H and O–H groups in total. The van der Waals surface area contributed by atoms with Crippen molar-refractivity contribution in [2.75, 3.05) is 12.0 Å². The fraction of sp³-hybridized carbons (Fsp3) is 0.429. The molecule has 0 amide bonds. The molecule has 0 aliphatic carbocycles. The molecular formula is C14H19N3O5S2. The van der Waals surface area contributed by atoms with Crippen molar-refractivity contribution in [3.8, 4) is 0 Å². The summed E-state index contributed by atoms with van der Waals surface area (Å²) in [5.41, 5.74) is 0.848. The Morgan fingerprint density at radius 1 is 1.12 bits per heavy atom. The number of nitrogens with one attached hydrogen (secondary N) is 1. The van der Waals surface area contributed by atoms with E-state index in [0.717, 1.165) is 11.8 Å². The maximum atomic E-state index is 12.1. The molecule has 2 aromatic rings. The molecule has 0 spiro atoms. The van der Waals surface area contributed by atoms with E-state index in [0.29, 0.717) is 6.42 Å². The third kappa shape index (κ3) is 5.11. The lowest BCUT2D eigenvalue weighted by molar-refractivity contribution is 0.364. The molecule has 1 aromatic carbocycles. The van der Waals surface area contributed by atoms with Gasteiger partial charge in [0.15, 0.2) is 0 Å². The van der Waals surface area contributed by atoms with Gasteiger partial charge in [0.2, 0.25) is 25.8 Å². The van der Waals surface area contributed by atoms with Crippen LogP contribution in [0.15, 0.2) is 40.0 Å². The van der Waals surface area contributed by atoms with Crippen LogP contribution in [-0.2, 0) is 26.3 Å². The average Bonchev–Trinajstić information content (AvgIpc) is 2.97. The standard InChI is InChI=1S/C14H19N3O5S2/c1-3-9-24(20,21)17-12(10-11-7-5-4-6-8-11)13-15-16-14(22-13)23(2,18)19/h4-8,12,17H,3,9-10H2,1-2H3/t12-/m0/s1. The predicted octanol–water partition coefficient (Wildman–Crippen LogP) is 1.09. The zero-order chi connectivity index (χ0) is 17.8. The first-order valence-electron chi connectivity index (χ1n) is 7.28. The summed E-state index contributed by atoms with van der Waals surface area (Å²) in [6.45, 7) is 1.75. The van der Waals surface area contributed by atoms with Gasteiger partial charge in [-0.25, -0.2) is 21.6 Å². The van der Waals surface area contributed by atoms with Gasteiger partial charge in [-0.2, -0.15) is 0 Å². The fourth-order valence-electron chi connectivity index (χ4n) is 2.08. The normalized spacial score (nSPS) is 13.8. The number of rotatable bonds is 8. The van der Waals surface area contributed by atoms with E-state index in [-0.39, 0.29) is 18.1 Å². The molecule has 0 bridgehead atoms. The van der Waals surface area contributed by atoms with Gasteiger partial charge in [0.1, 0.15) is 6.04 Å². The Balaban J connectivity index is 2.33. The van der Waals surface area contributed by atoms with E-state index in [1.807, 2.05) is 30.3 Å². The Labute approximate surface area is 141 Å². The molecule has 2 rings (SSSR count). The van der Waals surface area contributed by atoms with Crippen LogP contribution in [0.1, 0.15) is 30.8 Å². The molecule has 1 atom stereocenters. The van der Waals surface area contributed by atoms with E-state index in [9.17, 15) is 16.8 Å². The fourth-order valence-corrected chi connectivity index (χ4v) is 3.78. The van der Waals surface area contributed by atoms with Crippen molar-refractivity contribution in [2.24, 2.45) is 0 Å². The quantitative estimate of drug-likeness (QED) is 0.735. The van der Waals surface area contributed by atoms with Crippen LogP contribution in [0.2, 0.25) is 0 Å². The van der Waals surface area contributed by atoms with Gasteiger partial charge in [-0.1, -0.05) is 42.4 Å². The van der Waals surface area contributed by atoms with Crippen LogP contribution in [0.4, 0.5) is 0 Å². The van der Waals surface area contributed by atoms with Crippen molar-refractivity contribution in [3.63, 3.8) is 0 Å². The first kappa shape index (κ1) is 18.6. The van der Waals surface area contributed by atoms with Gasteiger partial charge < -0.3 is 4.42 Å². The molecule has 0 aliphatic rings. The lowest BCUT2D eigenvalue weighted by atomic mass is 10.1. The van der Waals surface area contributed by atoms with Crippen molar-refractivity contribution < 1.29 is 21.3 Å². The molecule has 1 heterocycles. The van der Waals surface area contributed by atoms with E-state index in [4.69, 9.17) is 4.42 Å². The van der Waals surface area contributed by atoms with Crippen molar-refractivity contribution in [2.45, 2.75) is 31.0 Å². The summed E-state index contributed by atoms with van der Waals surface area (Å²) in [6, 6.07) is 8.30. The largest absolute Gasteiger partial charge is 0.411 e. The molecule has 0 saturated heterocycles. The summed E-state index contributed by atoms with van der Waals surface area (Å²) in [5.74, 6) is -0.135. The van der Waals surface area contributed by atoms with Crippen LogP contribution in [0.25, 0.3) is 0 Å². The Bertz CT molecular complexity index is 876. The molecule has 132 valence electrons. The van der Waals surface area contributed by atoms with E-state index in [1.165, 1.54) is 0 Å². The molecule has 0 fully saturated rings. The number of hydrogen-bond donors (Lipinski definition) is 1. The number of benzene rings is 1. The first-order valence-corrected chi connectivity index (χ1v) is 10.8. The van der Waals surface area contributed by atoms with Crippen molar-refractivity contribution in [1.82, 2.24) is 14.9 Å². The molecule has 10 heteroatoms. The van der Waals surface area contributed by atoms with Crippen LogP contribution in [-0.4, -0.2) is 39.0 Å². The molecule has 1 aromatic heterocycles. The second kappa shape index (κ2) is 7.41. The monoisotopic (exact) mass is 373 g/mol. The number of hydrogen-bond acceptors (Lipinski definition) is 7. The van der Waals surface area contributed by atoms with E-state index < -0.39 is 31.1 Å². The second-order valence-electron chi connectivity index (χ2n) is 5.36. The van der Waals surface area contributed by atoms with Crippen LogP contribution in [0.3, 0.4) is 0 Å². The van der Waals surface area contributed by atoms with Crippen molar-refractivity contribution >= 4 is 19.9 Å². The number of sulfone groups is 1. The van der Waals surface area contributed by atoms with Crippen LogP contribution in [0, 0.1) is 0 Å². The zero-order valence-electron chi connectivity index (χ0n) is 13.3. The minimum Gasteiger partial charge on any atom is -0.411 e. The van der Waals surface area contributed by atoms with Crippen LogP contribution >= 0.6 is 0 Å². The van der Waals surface area contributed by atoms with Gasteiger partial charge in [0, 0.05) is 6.26 Å². The third-order valence-electron chi connectivity index (χ3n) is 3.11. The van der Waals surface area contributed by atoms with E-state index in [1.54, 1.807) is 6.92 Å². The summed E-state index contributed by atoms with van der Waals surface area (Å²) in [5, 5.41) is 6.65. The molecule has 24 heavy (non-hydrogen) atoms. The van der Waals surface area contributed by atoms with Gasteiger partial charge in [0.05, 0.1) is 5.75 Å². The van der Waals surface area contributed by atoms with E-state index in [2.05, 4.69) is 14.9 Å². The molecule has 0 saturated carbocycles. The molecule has 0 aliphatic heterocycles. The minimum atomic E-state index is -3.66. The first-order chi connectivity index (χ1) is 11.2. The van der Waals surface area contributed by atoms with Crippen molar-refractivity contribution in [3.05, 3.63) is 41.8 Å². The number of aromatic nitrogens is 2. The highest BCUT2D eigenvalue weighted by Gasteiger charge is 2.26. The maximum absolute atomic E-state index is 12.1. The van der Waals surface area contributed by atoms with Crippen LogP contribution < -0.4 is 4.72 Å². The zero-order valence-corrected chi connectivity index (χ0v) is 15.0. The van der Waals surface area contributed by atoms with Gasteiger partial charge in [-0.3, -0.25) is 0 Å². The number of nitrogens with zero attached hydrogens (tertiary/aromatic N) is 2. The highest BCUT2D eigenvalue weighted by atomic mass is 32.2. The molecule has 0 radical (unpaired) electrons. The summed E-state index contributed by atoms with van der Waals surface area (Å²) >= 11 is 0. The Kier molecular flexibility index (Phi) is 5.73. The summed E-state index contributed by atoms with van der Waals surface area (Å²) in [7, 11) is -7.21. The van der Waals surface area contributed by atoms with Crippen LogP contribution in [0.5, 0.6) is 0 Å². The van der Waals surface area contributed by atoms with Gasteiger partial charge in [-0.15, -0.1) is 5.10 Å². The lowest BCUT2D eigenvalue weighted by Crippen LogP contribution is -2.32. The van der Waals surface area contributed by atoms with Gasteiger partial charge >= 0.3 is 5.22 Å². The molecule has 0 unspecified atom stereocenters. The SMILES string of the molecule is CCCS(=O)(=O)N[C@@H](Cc1ccccc1)c1nnc(S(C)(=O)=O)o1. The highest BCUT2D eigenvalue weighted by Crippen LogP contribution is 2.20. The van der Waals surface area contributed by atoms with Gasteiger partial charge in [0.25, 0.3) is 0 Å². The number of sulfonamides is 1. The lowest BCUT2D eigenvalue weighted by Gasteiger charge is -2.15. The molecular weight excluding hydrogens is 354 g/mol. The summed E-state index contributed by atoms with van der Waals surface area (Å²) < 4.78 is 54.8. The maximum Gasteiger partial charge on any atom is 0.335 e. The van der Waals surface area contributed by atoms with Gasteiger partial charge in [-0.05, 0) is 18.4 Å². The second-order valence-corrected chi connectivity index (χ2v) is 9.12. The Hall–Kier alpha value is -1.78. The Morgan fingerprint density at radius 3 is 2.33 bits per heavy atom. The summed E-state index contributed by atoms with van der Waals surface area (Å²) in [4.78, 5) is 0. The Morgan fingerprint density at radius 2 is 1.79 bits per heavy atom. The average molecular weight is 373 g/mol. The van der Waals surface area contributed by atoms with Crippen molar-refractivity contribution in [1.29, 1.82) is 0 Å². The summed E-state index contributed by atoms with van der Waals surface area (Å²) in [6.07, 6.45) is 1.65.